The van der Waals surface area contributed by atoms with Gasteiger partial charge in [0, 0.05) is 51.1 Å². The Labute approximate surface area is 164 Å². The van der Waals surface area contributed by atoms with Crippen LogP contribution in [0, 0.1) is 11.8 Å². The fourth-order valence-electron chi connectivity index (χ4n) is 4.13. The van der Waals surface area contributed by atoms with Crippen LogP contribution >= 0.6 is 24.8 Å². The molecule has 2 atom stereocenters. The van der Waals surface area contributed by atoms with Gasteiger partial charge in [-0.25, -0.2) is 0 Å². The topological polar surface area (TPSA) is 42.0 Å². The van der Waals surface area contributed by atoms with Crippen molar-refractivity contribution in [3.8, 4) is 0 Å². The number of carbonyl (C=O) groups excluding carboxylic acids is 1. The van der Waals surface area contributed by atoms with Crippen LogP contribution in [0.3, 0.4) is 0 Å². The van der Waals surface area contributed by atoms with E-state index in [1.54, 1.807) is 0 Å². The largest absolute Gasteiger partial charge is 0.379 e. The van der Waals surface area contributed by atoms with Crippen LogP contribution in [0.1, 0.15) is 32.1 Å². The van der Waals surface area contributed by atoms with Gasteiger partial charge >= 0.3 is 0 Å². The van der Waals surface area contributed by atoms with Crippen molar-refractivity contribution in [2.24, 2.45) is 11.8 Å². The molecule has 25 heavy (non-hydrogen) atoms. The average molecular weight is 397 g/mol. The first-order valence-electron chi connectivity index (χ1n) is 9.47. The van der Waals surface area contributed by atoms with Crippen LogP contribution in [0.2, 0.25) is 0 Å². The standard InChI is InChI=1S/C18H32N2O3.2ClH/c21-18-16(14-19-6-10-22-11-7-19)4-2-1-3-5-17(18)15-20-8-12-23-13-9-20;;/h16-17H,1-15H2;2*1H. The lowest BCUT2D eigenvalue weighted by molar-refractivity contribution is -0.130. The summed E-state index contributed by atoms with van der Waals surface area (Å²) in [6.07, 6.45) is 5.87. The van der Waals surface area contributed by atoms with E-state index in [-0.39, 0.29) is 36.6 Å². The van der Waals surface area contributed by atoms with Crippen LogP contribution < -0.4 is 0 Å². The van der Waals surface area contributed by atoms with Crippen molar-refractivity contribution < 1.29 is 14.3 Å². The van der Waals surface area contributed by atoms with Gasteiger partial charge in [0.25, 0.3) is 0 Å². The monoisotopic (exact) mass is 396 g/mol. The molecule has 1 aliphatic carbocycles. The summed E-state index contributed by atoms with van der Waals surface area (Å²) in [7, 11) is 0. The number of hydrogen-bond donors (Lipinski definition) is 0. The van der Waals surface area contributed by atoms with Gasteiger partial charge in [-0.2, -0.15) is 0 Å². The molecule has 3 rings (SSSR count). The smallest absolute Gasteiger partial charge is 0.141 e. The van der Waals surface area contributed by atoms with Gasteiger partial charge in [-0.1, -0.05) is 19.3 Å². The lowest BCUT2D eigenvalue weighted by atomic mass is 9.82. The Bertz CT molecular complexity index is 343. The molecule has 0 aromatic carbocycles. The molecule has 148 valence electrons. The highest BCUT2D eigenvalue weighted by molar-refractivity contribution is 5.85. The first-order chi connectivity index (χ1) is 11.3. The number of rotatable bonds is 4. The molecule has 5 nitrogen and oxygen atoms in total. The second kappa shape index (κ2) is 12.5. The van der Waals surface area contributed by atoms with Crippen molar-refractivity contribution in [2.45, 2.75) is 32.1 Å². The molecule has 3 fully saturated rings. The molecule has 0 spiro atoms. The lowest BCUT2D eigenvalue weighted by Gasteiger charge is -2.35. The summed E-state index contributed by atoms with van der Waals surface area (Å²) < 4.78 is 10.9. The Morgan fingerprint density at radius 1 is 0.720 bits per heavy atom. The summed E-state index contributed by atoms with van der Waals surface area (Å²) in [5.41, 5.74) is 0. The highest BCUT2D eigenvalue weighted by Crippen LogP contribution is 2.26. The van der Waals surface area contributed by atoms with Crippen LogP contribution in [0.25, 0.3) is 0 Å². The first kappa shape index (κ1) is 23.1. The third-order valence-corrected chi connectivity index (χ3v) is 5.57. The van der Waals surface area contributed by atoms with Gasteiger partial charge in [0.2, 0.25) is 0 Å². The van der Waals surface area contributed by atoms with E-state index in [1.165, 1.54) is 19.3 Å². The molecule has 0 aromatic rings. The molecule has 2 saturated heterocycles. The Kier molecular flexibility index (Phi) is 11.5. The van der Waals surface area contributed by atoms with Crippen molar-refractivity contribution in [1.82, 2.24) is 9.80 Å². The van der Waals surface area contributed by atoms with Gasteiger partial charge in [-0.05, 0) is 12.8 Å². The van der Waals surface area contributed by atoms with Crippen molar-refractivity contribution in [2.75, 3.05) is 65.7 Å². The van der Waals surface area contributed by atoms with Crippen LogP contribution in [-0.4, -0.2) is 81.3 Å². The summed E-state index contributed by atoms with van der Waals surface area (Å²) >= 11 is 0. The Hall–Kier alpha value is 0.0900. The second-order valence-corrected chi connectivity index (χ2v) is 7.26. The van der Waals surface area contributed by atoms with Gasteiger partial charge < -0.3 is 9.47 Å². The minimum absolute atomic E-state index is 0. The highest BCUT2D eigenvalue weighted by Gasteiger charge is 2.31. The van der Waals surface area contributed by atoms with E-state index in [4.69, 9.17) is 9.47 Å². The highest BCUT2D eigenvalue weighted by atomic mass is 35.5. The summed E-state index contributed by atoms with van der Waals surface area (Å²) in [6.45, 7) is 9.10. The average Bonchev–Trinajstić information content (AvgIpc) is 2.59. The first-order valence-corrected chi connectivity index (χ1v) is 9.47. The summed E-state index contributed by atoms with van der Waals surface area (Å²) in [6, 6.07) is 0. The van der Waals surface area contributed by atoms with Crippen molar-refractivity contribution in [1.29, 1.82) is 0 Å². The van der Waals surface area contributed by atoms with Crippen molar-refractivity contribution >= 4 is 30.6 Å². The van der Waals surface area contributed by atoms with Crippen LogP contribution in [0.4, 0.5) is 0 Å². The zero-order chi connectivity index (χ0) is 15.9. The summed E-state index contributed by atoms with van der Waals surface area (Å²) in [4.78, 5) is 18.0. The molecular weight excluding hydrogens is 363 g/mol. The fraction of sp³-hybridized carbons (Fsp3) is 0.944. The maximum atomic E-state index is 13.1. The van der Waals surface area contributed by atoms with E-state index in [0.717, 1.165) is 78.5 Å². The minimum atomic E-state index is 0. The number of Topliss-reactive ketones (excluding diaryl/α,β-unsaturated/α-hetero) is 1. The van der Waals surface area contributed by atoms with Crippen LogP contribution in [0.15, 0.2) is 0 Å². The molecule has 3 aliphatic rings. The van der Waals surface area contributed by atoms with Gasteiger partial charge in [-0.3, -0.25) is 14.6 Å². The molecule has 0 radical (unpaired) electrons. The van der Waals surface area contributed by atoms with E-state index in [0.29, 0.717) is 5.78 Å². The molecule has 0 bridgehead atoms. The fourth-order valence-corrected chi connectivity index (χ4v) is 4.13. The Balaban J connectivity index is 0.00000156. The number of ketones is 1. The molecule has 7 heteroatoms. The molecule has 1 saturated carbocycles. The number of morpholine rings is 2. The van der Waals surface area contributed by atoms with Gasteiger partial charge in [-0.15, -0.1) is 24.8 Å². The molecule has 2 unspecified atom stereocenters. The number of nitrogens with zero attached hydrogens (tertiary/aromatic N) is 2. The zero-order valence-corrected chi connectivity index (χ0v) is 16.8. The quantitative estimate of drug-likeness (QED) is 0.728. The molecule has 2 heterocycles. The molecule has 0 aromatic heterocycles. The van der Waals surface area contributed by atoms with Crippen LogP contribution in [-0.2, 0) is 14.3 Å². The molecular formula is C18H34Cl2N2O3. The SMILES string of the molecule is Cl.Cl.O=C1C(CN2CCOCC2)CCCCCC1CN1CCOCC1. The van der Waals surface area contributed by atoms with Gasteiger partial charge in [0.15, 0.2) is 0 Å². The Morgan fingerprint density at radius 2 is 1.12 bits per heavy atom. The van der Waals surface area contributed by atoms with E-state index in [1.807, 2.05) is 0 Å². The number of halogens is 2. The number of hydrogen-bond acceptors (Lipinski definition) is 5. The predicted molar refractivity (Wildman–Crippen MR) is 104 cm³/mol. The second-order valence-electron chi connectivity index (χ2n) is 7.26. The van der Waals surface area contributed by atoms with E-state index in [2.05, 4.69) is 9.80 Å². The predicted octanol–water partition coefficient (Wildman–Crippen LogP) is 2.26. The van der Waals surface area contributed by atoms with E-state index >= 15 is 0 Å². The normalized spacial score (nSPS) is 29.8. The maximum absolute atomic E-state index is 13.1. The van der Waals surface area contributed by atoms with Crippen LogP contribution in [0.5, 0.6) is 0 Å². The Morgan fingerprint density at radius 3 is 1.52 bits per heavy atom. The minimum Gasteiger partial charge on any atom is -0.379 e. The third-order valence-electron chi connectivity index (χ3n) is 5.57. The molecule has 2 aliphatic heterocycles. The summed E-state index contributed by atoms with van der Waals surface area (Å²) in [5, 5.41) is 0. The summed E-state index contributed by atoms with van der Waals surface area (Å²) in [5.74, 6) is 1.00. The van der Waals surface area contributed by atoms with E-state index in [9.17, 15) is 4.79 Å². The lowest BCUT2D eigenvalue weighted by Crippen LogP contribution is -2.45. The van der Waals surface area contributed by atoms with E-state index < -0.39 is 0 Å². The maximum Gasteiger partial charge on any atom is 0.141 e. The molecule has 0 N–H and O–H groups in total. The third kappa shape index (κ3) is 7.31. The van der Waals surface area contributed by atoms with Crippen molar-refractivity contribution in [3.05, 3.63) is 0 Å². The van der Waals surface area contributed by atoms with Crippen molar-refractivity contribution in [3.63, 3.8) is 0 Å². The van der Waals surface area contributed by atoms with Gasteiger partial charge in [0.1, 0.15) is 5.78 Å². The number of ether oxygens (including phenoxy) is 2. The molecule has 0 amide bonds. The van der Waals surface area contributed by atoms with Gasteiger partial charge in [0.05, 0.1) is 26.4 Å². The number of carbonyl (C=O) groups is 1. The zero-order valence-electron chi connectivity index (χ0n) is 15.2.